The van der Waals surface area contributed by atoms with Crippen LogP contribution < -0.4 is 4.90 Å². The van der Waals surface area contributed by atoms with E-state index < -0.39 is 0 Å². The Morgan fingerprint density at radius 3 is 1.90 bits per heavy atom. The number of thiophene rings is 1. The van der Waals surface area contributed by atoms with E-state index in [2.05, 4.69) is 216 Å². The van der Waals surface area contributed by atoms with E-state index >= 15 is 0 Å². The summed E-state index contributed by atoms with van der Waals surface area (Å²) < 4.78 is 11.9. The van der Waals surface area contributed by atoms with Crippen LogP contribution in [0.15, 0.2) is 211 Å². The molecule has 272 valence electrons. The van der Waals surface area contributed by atoms with Gasteiger partial charge in [-0.05, 0) is 83.4 Å². The predicted octanol–water partition coefficient (Wildman–Crippen LogP) is 15.9. The van der Waals surface area contributed by atoms with Gasteiger partial charge in [0.05, 0.1) is 32.5 Å². The second-order valence-corrected chi connectivity index (χ2v) is 15.9. The van der Waals surface area contributed by atoms with Crippen LogP contribution >= 0.6 is 11.3 Å². The van der Waals surface area contributed by atoms with Gasteiger partial charge in [0.25, 0.3) is 0 Å². The topological polar surface area (TPSA) is 21.3 Å². The molecule has 0 unspecified atom stereocenters. The quantitative estimate of drug-likeness (QED) is 0.168. The molecule has 0 atom stereocenters. The second kappa shape index (κ2) is 13.1. The summed E-state index contributed by atoms with van der Waals surface area (Å²) in [6.45, 7) is 0. The zero-order valence-corrected chi connectivity index (χ0v) is 32.2. The van der Waals surface area contributed by atoms with Crippen molar-refractivity contribution in [3.8, 4) is 27.9 Å². The molecule has 0 spiro atoms. The van der Waals surface area contributed by atoms with Crippen molar-refractivity contribution >= 4 is 92.3 Å². The lowest BCUT2D eigenvalue weighted by Crippen LogP contribution is -2.11. The third-order valence-corrected chi connectivity index (χ3v) is 12.8. The summed E-state index contributed by atoms with van der Waals surface area (Å²) >= 11 is 1.85. The Balaban J connectivity index is 1.12. The van der Waals surface area contributed by atoms with Crippen LogP contribution in [0.5, 0.6) is 0 Å². The molecule has 12 rings (SSSR count). The van der Waals surface area contributed by atoms with E-state index in [-0.39, 0.29) is 0 Å². The smallest absolute Gasteiger partial charge is 0.145 e. The molecular formula is C54H34N2OS. The maximum atomic E-state index is 6.97. The summed E-state index contributed by atoms with van der Waals surface area (Å²) in [6, 6.07) is 74.3. The Morgan fingerprint density at radius 1 is 0.431 bits per heavy atom. The van der Waals surface area contributed by atoms with Gasteiger partial charge in [-0.15, -0.1) is 11.3 Å². The van der Waals surface area contributed by atoms with Crippen molar-refractivity contribution in [3.63, 3.8) is 0 Å². The first-order valence-corrected chi connectivity index (χ1v) is 20.5. The summed E-state index contributed by atoms with van der Waals surface area (Å²) in [5, 5.41) is 7.20. The van der Waals surface area contributed by atoms with E-state index in [0.717, 1.165) is 55.8 Å². The van der Waals surface area contributed by atoms with Gasteiger partial charge in [0.1, 0.15) is 11.2 Å². The Morgan fingerprint density at radius 2 is 1.07 bits per heavy atom. The molecule has 4 heteroatoms. The molecule has 0 aliphatic carbocycles. The molecule has 12 aromatic rings. The van der Waals surface area contributed by atoms with E-state index in [9.17, 15) is 0 Å². The summed E-state index contributed by atoms with van der Waals surface area (Å²) in [5.74, 6) is 0. The zero-order valence-electron chi connectivity index (χ0n) is 31.3. The largest absolute Gasteiger partial charge is 0.455 e. The summed E-state index contributed by atoms with van der Waals surface area (Å²) in [4.78, 5) is 2.45. The molecule has 0 radical (unpaired) electrons. The highest BCUT2D eigenvalue weighted by Crippen LogP contribution is 2.50. The fourth-order valence-corrected chi connectivity index (χ4v) is 10.2. The SMILES string of the molecule is c1ccc(-c2cccc(N(c3cccc4c3sc3ccccc34)c3ccc(-c4cccc(-n5c6ccccc6c6ccccc65)c4)c4oc5ccccc5c34)c2)cc1. The molecule has 0 saturated heterocycles. The van der Waals surface area contributed by atoms with E-state index in [0.29, 0.717) is 0 Å². The monoisotopic (exact) mass is 758 g/mol. The first-order chi connectivity index (χ1) is 28.8. The number of benzene rings is 9. The summed E-state index contributed by atoms with van der Waals surface area (Å²) in [6.07, 6.45) is 0. The van der Waals surface area contributed by atoms with Crippen molar-refractivity contribution in [2.24, 2.45) is 0 Å². The highest BCUT2D eigenvalue weighted by molar-refractivity contribution is 7.26. The highest BCUT2D eigenvalue weighted by atomic mass is 32.1. The van der Waals surface area contributed by atoms with Gasteiger partial charge in [0, 0.05) is 48.6 Å². The summed E-state index contributed by atoms with van der Waals surface area (Å²) in [5.41, 5.74) is 13.0. The lowest BCUT2D eigenvalue weighted by molar-refractivity contribution is 0.670. The molecule has 9 aromatic carbocycles. The lowest BCUT2D eigenvalue weighted by atomic mass is 9.98. The molecule has 0 N–H and O–H groups in total. The van der Waals surface area contributed by atoms with E-state index in [1.165, 1.54) is 53.1 Å². The van der Waals surface area contributed by atoms with Crippen LogP contribution in [0.4, 0.5) is 17.1 Å². The lowest BCUT2D eigenvalue weighted by Gasteiger charge is -2.27. The summed E-state index contributed by atoms with van der Waals surface area (Å²) in [7, 11) is 0. The second-order valence-electron chi connectivity index (χ2n) is 14.9. The average molecular weight is 759 g/mol. The number of anilines is 3. The molecule has 0 fully saturated rings. The predicted molar refractivity (Wildman–Crippen MR) is 247 cm³/mol. The van der Waals surface area contributed by atoms with Gasteiger partial charge >= 0.3 is 0 Å². The fraction of sp³-hybridized carbons (Fsp3) is 0. The van der Waals surface area contributed by atoms with Crippen LogP contribution in [0.3, 0.4) is 0 Å². The first kappa shape index (κ1) is 32.8. The molecule has 0 saturated carbocycles. The Hall–Kier alpha value is -7.40. The first-order valence-electron chi connectivity index (χ1n) is 19.7. The van der Waals surface area contributed by atoms with Gasteiger partial charge in [-0.25, -0.2) is 0 Å². The molecular weight excluding hydrogens is 725 g/mol. The Labute approximate surface area is 338 Å². The zero-order chi connectivity index (χ0) is 38.2. The Bertz CT molecular complexity index is 3480. The molecule has 3 aromatic heterocycles. The van der Waals surface area contributed by atoms with Gasteiger partial charge in [0.15, 0.2) is 0 Å². The molecule has 0 amide bonds. The van der Waals surface area contributed by atoms with Crippen molar-refractivity contribution in [1.82, 2.24) is 4.57 Å². The van der Waals surface area contributed by atoms with Gasteiger partial charge in [-0.1, -0.05) is 140 Å². The van der Waals surface area contributed by atoms with E-state index in [1.807, 2.05) is 11.3 Å². The van der Waals surface area contributed by atoms with Crippen molar-refractivity contribution in [1.29, 1.82) is 0 Å². The minimum absolute atomic E-state index is 0.864. The van der Waals surface area contributed by atoms with Crippen LogP contribution in [0.25, 0.3) is 91.9 Å². The average Bonchev–Trinajstić information content (AvgIpc) is 3.98. The number of nitrogens with zero attached hydrogens (tertiary/aromatic N) is 2. The Kier molecular flexibility index (Phi) is 7.40. The van der Waals surface area contributed by atoms with Gasteiger partial charge < -0.3 is 13.9 Å². The minimum Gasteiger partial charge on any atom is -0.455 e. The van der Waals surface area contributed by atoms with Gasteiger partial charge in [-0.2, -0.15) is 0 Å². The molecule has 3 nitrogen and oxygen atoms in total. The normalized spacial score (nSPS) is 11.8. The number of hydrogen-bond acceptors (Lipinski definition) is 3. The van der Waals surface area contributed by atoms with Crippen molar-refractivity contribution in [2.75, 3.05) is 4.90 Å². The number of fused-ring (bicyclic) bond motifs is 9. The van der Waals surface area contributed by atoms with Gasteiger partial charge in [-0.3, -0.25) is 0 Å². The third kappa shape index (κ3) is 5.05. The maximum absolute atomic E-state index is 6.97. The fourth-order valence-electron chi connectivity index (χ4n) is 9.01. The molecule has 58 heavy (non-hydrogen) atoms. The van der Waals surface area contributed by atoms with Crippen LogP contribution in [0.2, 0.25) is 0 Å². The number of aromatic nitrogens is 1. The number of hydrogen-bond donors (Lipinski definition) is 0. The van der Waals surface area contributed by atoms with Crippen molar-refractivity contribution in [3.05, 3.63) is 206 Å². The van der Waals surface area contributed by atoms with Crippen molar-refractivity contribution < 1.29 is 4.42 Å². The molecule has 0 bridgehead atoms. The van der Waals surface area contributed by atoms with E-state index in [4.69, 9.17) is 4.42 Å². The molecule has 0 aliphatic heterocycles. The van der Waals surface area contributed by atoms with Crippen LogP contribution in [-0.2, 0) is 0 Å². The number of furan rings is 1. The minimum atomic E-state index is 0.864. The number of rotatable bonds is 6. The van der Waals surface area contributed by atoms with Crippen LogP contribution in [0.1, 0.15) is 0 Å². The maximum Gasteiger partial charge on any atom is 0.145 e. The number of para-hydroxylation sites is 3. The van der Waals surface area contributed by atoms with Crippen LogP contribution in [0, 0.1) is 0 Å². The van der Waals surface area contributed by atoms with Gasteiger partial charge in [0.2, 0.25) is 0 Å². The third-order valence-electron chi connectivity index (χ3n) is 11.6. The highest BCUT2D eigenvalue weighted by Gasteiger charge is 2.25. The van der Waals surface area contributed by atoms with E-state index in [1.54, 1.807) is 0 Å². The molecule has 3 heterocycles. The van der Waals surface area contributed by atoms with Crippen LogP contribution in [-0.4, -0.2) is 4.57 Å². The van der Waals surface area contributed by atoms with Crippen molar-refractivity contribution in [2.45, 2.75) is 0 Å². The standard InChI is InChI=1S/C54H34N2OS/c1-2-15-35(16-3-1)36-17-12-19-38(33-36)56(49-28-14-25-44-43-23-7-11-30-51(43)58-54(44)49)48-32-31-40(53-52(48)45-24-6-10-29-50(45)57-53)37-18-13-20-39(34-37)55-46-26-8-4-21-41(46)42-22-5-9-27-47(42)55/h1-34H. The molecule has 0 aliphatic rings.